The molecule has 3 aromatic carbocycles. The number of aryl methyl sites for hydroxylation is 2. The number of aliphatic hydroxyl groups excluding tert-OH is 1. The fourth-order valence-corrected chi connectivity index (χ4v) is 9.42. The lowest BCUT2D eigenvalue weighted by Gasteiger charge is -2.23. The lowest BCUT2D eigenvalue weighted by molar-refractivity contribution is -0.384. The van der Waals surface area contributed by atoms with Crippen molar-refractivity contribution in [1.29, 1.82) is 0 Å². The predicted octanol–water partition coefficient (Wildman–Crippen LogP) is 5.96. The Balaban J connectivity index is 1.09. The lowest BCUT2D eigenvalue weighted by Crippen LogP contribution is -2.29. The number of nitrogens with one attached hydrogen (secondary N) is 1. The number of carbonyl (C=O) groups is 1. The van der Waals surface area contributed by atoms with Gasteiger partial charge in [0.2, 0.25) is 5.91 Å². The number of nitro groups is 1. The molecule has 0 aliphatic carbocycles. The molecule has 5 atom stereocenters. The number of hydrogen-bond donors (Lipinski definition) is 7. The number of azo groups is 2. The molecule has 5 rings (SSSR count). The summed E-state index contributed by atoms with van der Waals surface area (Å²) in [6.45, 7) is 5.67. The van der Waals surface area contributed by atoms with Crippen molar-refractivity contribution in [2.24, 2.45) is 20.5 Å². The summed E-state index contributed by atoms with van der Waals surface area (Å²) in [5.41, 5.74) is 8.73. The molecule has 30 heteroatoms. The SMILES string of the molecule is CCN(CCCC(=O)NCC#Cc1cn([C@H]2C[C@H](O)[C@@H](COP(=O)(O)OP(=O)(O)OP(=O)(O)O)O2)c(=O)nc1N)c1ccc(N=Nc2cc(C)c(N=Nc3ccc(C)cc3[N+](=O)[O-])cc2OC)cc1. The highest BCUT2D eigenvalue weighted by Crippen LogP contribution is 2.66. The van der Waals surface area contributed by atoms with Gasteiger partial charge in [0.25, 0.3) is 5.69 Å². The smallest absolute Gasteiger partial charge is 0.490 e. The Morgan fingerprint density at radius 1 is 1.01 bits per heavy atom. The molecule has 8 N–H and O–H groups in total. The summed E-state index contributed by atoms with van der Waals surface area (Å²) in [6, 6.07) is 15.4. The van der Waals surface area contributed by atoms with Gasteiger partial charge < -0.3 is 50.1 Å². The Kier molecular flexibility index (Phi) is 18.3. The number of phosphoric acid groups is 3. The van der Waals surface area contributed by atoms with Crippen molar-refractivity contribution < 1.29 is 70.7 Å². The zero-order valence-electron chi connectivity index (χ0n) is 37.1. The molecule has 0 bridgehead atoms. The fraction of sp³-hybridized carbons (Fsp3) is 0.359. The number of anilines is 2. The number of nitrogens with zero attached hydrogens (tertiary/aromatic N) is 8. The van der Waals surface area contributed by atoms with E-state index in [1.165, 1.54) is 25.4 Å². The molecule has 1 aromatic heterocycles. The van der Waals surface area contributed by atoms with Crippen LogP contribution in [0.5, 0.6) is 5.75 Å². The minimum absolute atomic E-state index is 0.0596. The van der Waals surface area contributed by atoms with Gasteiger partial charge in [-0.2, -0.15) is 18.7 Å². The van der Waals surface area contributed by atoms with E-state index in [-0.39, 0.29) is 48.0 Å². The molecular weight excluding hydrogens is 973 g/mol. The molecule has 2 heterocycles. The number of carbonyl (C=O) groups excluding carboxylic acids is 1. The third-order valence-electron chi connectivity index (χ3n) is 9.70. The minimum atomic E-state index is -5.78. The van der Waals surface area contributed by atoms with Gasteiger partial charge in [-0.1, -0.05) is 17.9 Å². The second kappa shape index (κ2) is 23.5. The number of nitrogen functional groups attached to an aromatic ring is 1. The topological polar surface area (TPSA) is 384 Å². The number of aliphatic hydroxyl groups is 1. The van der Waals surface area contributed by atoms with Crippen LogP contribution in [0.25, 0.3) is 0 Å². The Morgan fingerprint density at radius 3 is 2.38 bits per heavy atom. The number of ether oxygens (including phenoxy) is 2. The molecule has 1 saturated heterocycles. The highest BCUT2D eigenvalue weighted by atomic mass is 31.3. The number of nitro benzene ring substituents is 1. The van der Waals surface area contributed by atoms with Crippen molar-refractivity contribution in [2.75, 3.05) is 44.0 Å². The molecule has 27 nitrogen and oxygen atoms in total. The number of hydrogen-bond acceptors (Lipinski definition) is 20. The predicted molar refractivity (Wildman–Crippen MR) is 245 cm³/mol. The Hall–Kier alpha value is -6.10. The molecule has 370 valence electrons. The van der Waals surface area contributed by atoms with Crippen molar-refractivity contribution in [3.8, 4) is 17.6 Å². The molecule has 0 radical (unpaired) electrons. The summed E-state index contributed by atoms with van der Waals surface area (Å²) < 4.78 is 58.3. The van der Waals surface area contributed by atoms with Crippen molar-refractivity contribution in [2.45, 2.75) is 58.5 Å². The maximum Gasteiger partial charge on any atom is 0.490 e. The van der Waals surface area contributed by atoms with Crippen LogP contribution < -0.4 is 26.4 Å². The summed E-state index contributed by atoms with van der Waals surface area (Å²) in [7, 11) is -15.4. The number of rotatable bonds is 21. The highest BCUT2D eigenvalue weighted by molar-refractivity contribution is 7.66. The van der Waals surface area contributed by atoms with E-state index in [0.29, 0.717) is 47.9 Å². The first kappa shape index (κ1) is 53.8. The molecular formula is C39H47N10O17P3. The Labute approximate surface area is 392 Å². The van der Waals surface area contributed by atoms with E-state index < -0.39 is 59.1 Å². The maximum atomic E-state index is 12.7. The number of amides is 1. The number of methoxy groups -OCH3 is 1. The van der Waals surface area contributed by atoms with Crippen LogP contribution in [0.1, 0.15) is 49.1 Å². The quantitative estimate of drug-likeness (QED) is 0.0166. The minimum Gasteiger partial charge on any atom is -0.494 e. The number of benzene rings is 3. The summed E-state index contributed by atoms with van der Waals surface area (Å²) in [5, 5.41) is 41.7. The van der Waals surface area contributed by atoms with Gasteiger partial charge in [-0.15, -0.1) is 15.3 Å². The molecule has 1 fully saturated rings. The first-order chi connectivity index (χ1) is 32.5. The second-order valence-corrected chi connectivity index (χ2v) is 19.2. The van der Waals surface area contributed by atoms with E-state index in [1.807, 2.05) is 19.1 Å². The summed E-state index contributed by atoms with van der Waals surface area (Å²) in [4.78, 5) is 78.4. The zero-order chi connectivity index (χ0) is 50.7. The molecule has 1 aliphatic rings. The highest BCUT2D eigenvalue weighted by Gasteiger charge is 2.43. The van der Waals surface area contributed by atoms with Crippen LogP contribution in [0.4, 0.5) is 39.9 Å². The number of aromatic nitrogens is 2. The van der Waals surface area contributed by atoms with Crippen LogP contribution in [-0.4, -0.2) is 90.6 Å². The van der Waals surface area contributed by atoms with E-state index >= 15 is 0 Å². The molecule has 1 aliphatic heterocycles. The fourth-order valence-electron chi connectivity index (χ4n) is 6.39. The van der Waals surface area contributed by atoms with E-state index in [1.54, 1.807) is 44.2 Å². The van der Waals surface area contributed by atoms with Crippen molar-refractivity contribution >= 4 is 69.3 Å². The van der Waals surface area contributed by atoms with Gasteiger partial charge in [-0.05, 0) is 74.7 Å². The second-order valence-electron chi connectivity index (χ2n) is 14.8. The van der Waals surface area contributed by atoms with Crippen molar-refractivity contribution in [3.63, 3.8) is 0 Å². The molecule has 1 amide bonds. The van der Waals surface area contributed by atoms with Crippen LogP contribution >= 0.6 is 23.5 Å². The number of nitrogens with two attached hydrogens (primary N) is 1. The van der Waals surface area contributed by atoms with Gasteiger partial charge in [0, 0.05) is 49.9 Å². The van der Waals surface area contributed by atoms with E-state index in [9.17, 15) is 48.3 Å². The van der Waals surface area contributed by atoms with Gasteiger partial charge in [0.1, 0.15) is 29.6 Å². The number of phosphoric ester groups is 1. The molecule has 4 aromatic rings. The average Bonchev–Trinajstić information content (AvgIpc) is 3.64. The molecule has 69 heavy (non-hydrogen) atoms. The van der Waals surface area contributed by atoms with E-state index in [4.69, 9.17) is 25.0 Å². The van der Waals surface area contributed by atoms with Crippen LogP contribution in [0.3, 0.4) is 0 Å². The molecule has 0 spiro atoms. The van der Waals surface area contributed by atoms with Gasteiger partial charge in [-0.25, -0.2) is 18.5 Å². The van der Waals surface area contributed by atoms with Crippen LogP contribution in [0, 0.1) is 35.8 Å². The van der Waals surface area contributed by atoms with Crippen molar-refractivity contribution in [1.82, 2.24) is 14.9 Å². The Bertz CT molecular complexity index is 2870. The van der Waals surface area contributed by atoms with Gasteiger partial charge in [0.05, 0.1) is 48.2 Å². The Morgan fingerprint density at radius 2 is 1.71 bits per heavy atom. The largest absolute Gasteiger partial charge is 0.494 e. The van der Waals surface area contributed by atoms with E-state index in [2.05, 4.69) is 60.6 Å². The monoisotopic (exact) mass is 1020 g/mol. The van der Waals surface area contributed by atoms with Crippen LogP contribution in [0.2, 0.25) is 0 Å². The molecule has 2 unspecified atom stereocenters. The van der Waals surface area contributed by atoms with Gasteiger partial charge in [-0.3, -0.25) is 24.0 Å². The zero-order valence-corrected chi connectivity index (χ0v) is 39.8. The maximum absolute atomic E-state index is 12.7. The third-order valence-corrected chi connectivity index (χ3v) is 13.5. The standard InChI is InChI=1S/C39H47N10O17P3/c1-5-47(28-13-11-27(12-14-28)43-46-31-19-25(3)30(20-34(31)62-4)45-44-29-15-10-24(2)18-32(29)49(53)54)17-7-9-36(51)41-16-6-8-26-22-48(39(52)42-38(26)40)37-21-33(50)35(64-37)23-63-68(58,59)66-69(60,61)65-67(55,56)57/h10-15,18-20,22,33,35,37,50H,5,7,9,16-17,21,23H2,1-4H3,(H,41,51)(H,58,59)(H,60,61)(H2,40,42,52)(H2,55,56,57)/t33-,35+,37+/m0/s1. The first-order valence-corrected chi connectivity index (χ1v) is 24.9. The third kappa shape index (κ3) is 16.0. The lowest BCUT2D eigenvalue weighted by atomic mass is 10.1. The average molecular weight is 1020 g/mol. The first-order valence-electron chi connectivity index (χ1n) is 20.3. The van der Waals surface area contributed by atoms with Gasteiger partial charge >= 0.3 is 29.2 Å². The molecule has 0 saturated carbocycles. The summed E-state index contributed by atoms with van der Waals surface area (Å²) >= 11 is 0. The van der Waals surface area contributed by atoms with Gasteiger partial charge in [0.15, 0.2) is 5.69 Å². The van der Waals surface area contributed by atoms with E-state index in [0.717, 1.165) is 15.8 Å². The van der Waals surface area contributed by atoms with Crippen LogP contribution in [0.15, 0.2) is 86.0 Å². The normalized spacial score (nSPS) is 17.8. The summed E-state index contributed by atoms with van der Waals surface area (Å²) in [5.74, 6) is 5.28. The summed E-state index contributed by atoms with van der Waals surface area (Å²) in [6.07, 6.45) is -2.46. The van der Waals surface area contributed by atoms with Crippen molar-refractivity contribution in [3.05, 3.63) is 98.1 Å². The van der Waals surface area contributed by atoms with Crippen LogP contribution in [-0.2, 0) is 36.4 Å².